The molecule has 1 fully saturated rings. The van der Waals surface area contributed by atoms with Gasteiger partial charge in [-0.3, -0.25) is 4.90 Å². The first-order chi connectivity index (χ1) is 13.8. The second kappa shape index (κ2) is 9.79. The molecule has 2 aromatic carbocycles. The number of para-hydroxylation sites is 2. The summed E-state index contributed by atoms with van der Waals surface area (Å²) in [5.41, 5.74) is 0. The van der Waals surface area contributed by atoms with Crippen LogP contribution in [0.3, 0.4) is 0 Å². The average Bonchev–Trinajstić information content (AvgIpc) is 2.62. The van der Waals surface area contributed by atoms with Gasteiger partial charge in [-0.2, -0.15) is 0 Å². The Morgan fingerprint density at radius 3 is 2.24 bits per heavy atom. The van der Waals surface area contributed by atoms with Crippen LogP contribution in [0.2, 0.25) is 0 Å². The van der Waals surface area contributed by atoms with Gasteiger partial charge in [0.15, 0.2) is 11.5 Å². The Kier molecular flexibility index (Phi) is 7.38. The molecule has 0 aromatic heterocycles. The molecule has 29 heavy (non-hydrogen) atoms. The van der Waals surface area contributed by atoms with Gasteiger partial charge in [-0.05, 0) is 46.8 Å². The zero-order chi connectivity index (χ0) is 20.9. The lowest BCUT2D eigenvalue weighted by molar-refractivity contribution is -0.0741. The van der Waals surface area contributed by atoms with Gasteiger partial charge < -0.3 is 14.2 Å². The van der Waals surface area contributed by atoms with Crippen LogP contribution in [0.5, 0.6) is 11.5 Å². The molecule has 0 N–H and O–H groups in total. The molecule has 1 heterocycles. The molecule has 1 aliphatic rings. The van der Waals surface area contributed by atoms with Crippen LogP contribution in [0.1, 0.15) is 34.6 Å². The highest BCUT2D eigenvalue weighted by Gasteiger charge is 2.25. The van der Waals surface area contributed by atoms with Crippen molar-refractivity contribution in [1.82, 2.24) is 4.90 Å². The highest BCUT2D eigenvalue weighted by molar-refractivity contribution is 6.56. The van der Waals surface area contributed by atoms with Crippen molar-refractivity contribution >= 4 is 14.7 Å². The van der Waals surface area contributed by atoms with E-state index in [1.54, 1.807) is 0 Å². The van der Waals surface area contributed by atoms with Gasteiger partial charge in [0, 0.05) is 19.6 Å². The molecule has 4 nitrogen and oxygen atoms in total. The van der Waals surface area contributed by atoms with Crippen LogP contribution in [0.15, 0.2) is 54.6 Å². The summed E-state index contributed by atoms with van der Waals surface area (Å²) < 4.78 is 18.6. The highest BCUT2D eigenvalue weighted by Crippen LogP contribution is 2.30. The van der Waals surface area contributed by atoms with Gasteiger partial charge in [-0.1, -0.05) is 47.7 Å². The number of rotatable bonds is 8. The summed E-state index contributed by atoms with van der Waals surface area (Å²) >= 11 is 0. The van der Waals surface area contributed by atoms with E-state index in [-0.39, 0.29) is 23.5 Å². The van der Waals surface area contributed by atoms with Gasteiger partial charge in [-0.15, -0.1) is 0 Å². The molecule has 2 aromatic rings. The Bertz CT molecular complexity index is 758. The summed E-state index contributed by atoms with van der Waals surface area (Å²) in [5, 5.41) is 1.21. The third-order valence-electron chi connectivity index (χ3n) is 5.05. The fourth-order valence-corrected chi connectivity index (χ4v) is 5.82. The molecule has 0 aliphatic carbocycles. The molecule has 3 rings (SSSR count). The third kappa shape index (κ3) is 6.87. The zero-order valence-electron chi connectivity index (χ0n) is 18.4. The van der Waals surface area contributed by atoms with Crippen LogP contribution in [0.4, 0.5) is 0 Å². The Labute approximate surface area is 178 Å². The topological polar surface area (TPSA) is 30.9 Å². The Hall–Kier alpha value is -1.82. The average molecular weight is 414 g/mol. The normalized spacial score (nSPS) is 22.0. The highest BCUT2D eigenvalue weighted by atomic mass is 28.2. The first-order valence-corrected chi connectivity index (χ1v) is 12.1. The van der Waals surface area contributed by atoms with Crippen molar-refractivity contribution in [2.45, 2.75) is 58.2 Å². The van der Waals surface area contributed by atoms with E-state index < -0.39 is 9.52 Å². The van der Waals surface area contributed by atoms with Crippen LogP contribution in [0.25, 0.3) is 0 Å². The predicted molar refractivity (Wildman–Crippen MR) is 122 cm³/mol. The summed E-state index contributed by atoms with van der Waals surface area (Å²) in [7, 11) is -0.603. The Morgan fingerprint density at radius 1 is 1.00 bits per heavy atom. The minimum Gasteiger partial charge on any atom is -0.488 e. The molecule has 3 atom stereocenters. The van der Waals surface area contributed by atoms with Gasteiger partial charge in [0.25, 0.3) is 0 Å². The van der Waals surface area contributed by atoms with Crippen molar-refractivity contribution in [3.63, 3.8) is 0 Å². The third-order valence-corrected chi connectivity index (χ3v) is 6.92. The molecular formula is C24H35NO3Si. The van der Waals surface area contributed by atoms with E-state index in [0.717, 1.165) is 31.1 Å². The van der Waals surface area contributed by atoms with E-state index in [2.05, 4.69) is 69.9 Å². The van der Waals surface area contributed by atoms with Crippen LogP contribution in [-0.2, 0) is 4.74 Å². The van der Waals surface area contributed by atoms with Gasteiger partial charge in [-0.25, -0.2) is 0 Å². The maximum atomic E-state index is 6.47. The van der Waals surface area contributed by atoms with E-state index in [4.69, 9.17) is 14.2 Å². The van der Waals surface area contributed by atoms with Crippen molar-refractivity contribution in [1.29, 1.82) is 0 Å². The first kappa shape index (κ1) is 21.9. The largest absolute Gasteiger partial charge is 0.488 e. The van der Waals surface area contributed by atoms with Crippen LogP contribution in [-0.4, -0.2) is 57.6 Å². The van der Waals surface area contributed by atoms with E-state index in [9.17, 15) is 0 Å². The minimum absolute atomic E-state index is 0.0757. The van der Waals surface area contributed by atoms with E-state index in [1.807, 2.05) is 24.3 Å². The summed E-state index contributed by atoms with van der Waals surface area (Å²) in [4.78, 5) is 2.43. The molecular weight excluding hydrogens is 378 g/mol. The van der Waals surface area contributed by atoms with Crippen LogP contribution < -0.4 is 14.7 Å². The molecule has 0 saturated carbocycles. The molecule has 0 radical (unpaired) electrons. The second-order valence-corrected chi connectivity index (χ2v) is 11.7. The lowest BCUT2D eigenvalue weighted by atomic mass is 10.2. The smallest absolute Gasteiger partial charge is 0.161 e. The van der Waals surface area contributed by atoms with E-state index in [1.165, 1.54) is 5.19 Å². The monoisotopic (exact) mass is 413 g/mol. The number of nitrogens with zero attached hydrogens (tertiary/aromatic N) is 1. The van der Waals surface area contributed by atoms with Crippen molar-refractivity contribution in [3.8, 4) is 11.5 Å². The number of hydrogen-bond acceptors (Lipinski definition) is 4. The maximum Gasteiger partial charge on any atom is 0.161 e. The molecule has 0 spiro atoms. The zero-order valence-corrected chi connectivity index (χ0v) is 19.8. The fourth-order valence-electron chi connectivity index (χ4n) is 4.10. The summed E-state index contributed by atoms with van der Waals surface area (Å²) in [6.07, 6.45) is 0.613. The van der Waals surface area contributed by atoms with Crippen LogP contribution in [0, 0.1) is 0 Å². The standard InChI is InChI=1S/C24H35NO3Si/c1-18-15-25(16-19(2)26-18)17-20(3)27-22-13-9-10-14-23(22)28-24(4,5)29-21-11-7-6-8-12-21/h6-14,18-20H,15-17,29H2,1-5H3. The Balaban J connectivity index is 1.62. The predicted octanol–water partition coefficient (Wildman–Crippen LogP) is 3.17. The molecule has 158 valence electrons. The van der Waals surface area contributed by atoms with Gasteiger partial charge in [0.05, 0.1) is 17.4 Å². The summed E-state index contributed by atoms with van der Waals surface area (Å²) in [6.45, 7) is 13.6. The number of ether oxygens (including phenoxy) is 3. The van der Waals surface area contributed by atoms with Gasteiger partial charge in [0.1, 0.15) is 15.6 Å². The van der Waals surface area contributed by atoms with Crippen molar-refractivity contribution in [3.05, 3.63) is 54.6 Å². The summed E-state index contributed by atoms with van der Waals surface area (Å²) in [5.74, 6) is 1.65. The number of hydrogen-bond donors (Lipinski definition) is 0. The number of morpholine rings is 1. The fraction of sp³-hybridized carbons (Fsp3) is 0.500. The lowest BCUT2D eigenvalue weighted by Crippen LogP contribution is -2.48. The number of benzene rings is 2. The Morgan fingerprint density at radius 2 is 1.59 bits per heavy atom. The molecule has 1 saturated heterocycles. The quantitative estimate of drug-likeness (QED) is 0.622. The first-order valence-electron chi connectivity index (χ1n) is 10.7. The van der Waals surface area contributed by atoms with Gasteiger partial charge >= 0.3 is 0 Å². The van der Waals surface area contributed by atoms with E-state index in [0.29, 0.717) is 0 Å². The summed E-state index contributed by atoms with van der Waals surface area (Å²) in [6, 6.07) is 18.7. The lowest BCUT2D eigenvalue weighted by Gasteiger charge is -2.36. The maximum absolute atomic E-state index is 6.47. The van der Waals surface area contributed by atoms with Crippen molar-refractivity contribution < 1.29 is 14.2 Å². The molecule has 0 amide bonds. The van der Waals surface area contributed by atoms with Crippen molar-refractivity contribution in [2.24, 2.45) is 0 Å². The molecule has 5 heteroatoms. The molecule has 1 aliphatic heterocycles. The van der Waals surface area contributed by atoms with Crippen LogP contribution >= 0.6 is 0 Å². The van der Waals surface area contributed by atoms with Gasteiger partial charge in [0.2, 0.25) is 0 Å². The second-order valence-electron chi connectivity index (χ2n) is 8.88. The SMILES string of the molecule is CC(CN1CC(C)OC(C)C1)Oc1ccccc1OC(C)(C)[SiH2]c1ccccc1. The molecule has 3 unspecified atom stereocenters. The minimum atomic E-state index is -0.603. The van der Waals surface area contributed by atoms with E-state index >= 15 is 0 Å². The van der Waals surface area contributed by atoms with Crippen molar-refractivity contribution in [2.75, 3.05) is 19.6 Å². The molecule has 0 bridgehead atoms.